The summed E-state index contributed by atoms with van der Waals surface area (Å²) >= 11 is 0. The van der Waals surface area contributed by atoms with Crippen molar-refractivity contribution in [1.82, 2.24) is 4.90 Å². The van der Waals surface area contributed by atoms with Crippen molar-refractivity contribution in [3.8, 4) is 0 Å². The molecule has 1 saturated heterocycles. The largest absolute Gasteiger partial charge is 0.395 e. The molecule has 0 unspecified atom stereocenters. The number of aliphatic hydroxyl groups excluding tert-OH is 1. The van der Waals surface area contributed by atoms with Crippen LogP contribution in [0, 0.1) is 5.41 Å². The van der Waals surface area contributed by atoms with Crippen LogP contribution in [0.2, 0.25) is 0 Å². The number of hydrogen-bond donors (Lipinski definition) is 2. The van der Waals surface area contributed by atoms with Gasteiger partial charge in [0.1, 0.15) is 0 Å². The topological polar surface area (TPSA) is 47.3 Å². The molecule has 0 saturated carbocycles. The van der Waals surface area contributed by atoms with Crippen molar-refractivity contribution in [2.45, 2.75) is 25.8 Å². The summed E-state index contributed by atoms with van der Waals surface area (Å²) in [5, 5.41) is 16.2. The molecule has 64 valence electrons. The Labute approximate surface area is 67.5 Å². The second-order valence-corrected chi connectivity index (χ2v) is 3.23. The van der Waals surface area contributed by atoms with Crippen LogP contribution in [0.4, 0.5) is 0 Å². The Kier molecular flexibility index (Phi) is 3.02. The van der Waals surface area contributed by atoms with Gasteiger partial charge in [-0.3, -0.25) is 4.90 Å². The zero-order valence-corrected chi connectivity index (χ0v) is 7.01. The Hall–Kier alpha value is -0.410. The average Bonchev–Trinajstić information content (AvgIpc) is 2.34. The van der Waals surface area contributed by atoms with Crippen LogP contribution in [0.5, 0.6) is 0 Å². The highest BCUT2D eigenvalue weighted by Crippen LogP contribution is 2.15. The first-order valence-electron chi connectivity index (χ1n) is 4.13. The molecular formula is C8H16N2O. The SMILES string of the molecule is CC(=N)CN1CCC[C@@H]1CO. The first-order valence-corrected chi connectivity index (χ1v) is 4.13. The van der Waals surface area contributed by atoms with E-state index in [1.54, 1.807) is 0 Å². The maximum atomic E-state index is 8.94. The molecule has 0 aromatic heterocycles. The van der Waals surface area contributed by atoms with Crippen LogP contribution in [0.3, 0.4) is 0 Å². The highest BCUT2D eigenvalue weighted by Gasteiger charge is 2.23. The van der Waals surface area contributed by atoms with E-state index in [0.717, 1.165) is 19.5 Å². The molecule has 11 heavy (non-hydrogen) atoms. The van der Waals surface area contributed by atoms with Crippen molar-refractivity contribution in [3.05, 3.63) is 0 Å². The molecule has 0 aliphatic carbocycles. The fraction of sp³-hybridized carbons (Fsp3) is 0.875. The van der Waals surface area contributed by atoms with Crippen molar-refractivity contribution < 1.29 is 5.11 Å². The fourth-order valence-electron chi connectivity index (χ4n) is 1.61. The zero-order valence-electron chi connectivity index (χ0n) is 7.01. The summed E-state index contributed by atoms with van der Waals surface area (Å²) in [6.07, 6.45) is 2.25. The lowest BCUT2D eigenvalue weighted by molar-refractivity contribution is 0.173. The molecule has 2 N–H and O–H groups in total. The second-order valence-electron chi connectivity index (χ2n) is 3.23. The standard InChI is InChI=1S/C8H16N2O/c1-7(9)5-10-4-2-3-8(10)6-11/h8-9,11H,2-6H2,1H3/t8-/m1/s1. The van der Waals surface area contributed by atoms with E-state index in [0.29, 0.717) is 11.8 Å². The molecule has 0 bridgehead atoms. The van der Waals surface area contributed by atoms with E-state index in [4.69, 9.17) is 10.5 Å². The molecule has 1 aliphatic rings. The van der Waals surface area contributed by atoms with Crippen LogP contribution in [0.15, 0.2) is 0 Å². The first-order chi connectivity index (χ1) is 5.24. The van der Waals surface area contributed by atoms with Crippen LogP contribution >= 0.6 is 0 Å². The van der Waals surface area contributed by atoms with Gasteiger partial charge >= 0.3 is 0 Å². The van der Waals surface area contributed by atoms with E-state index < -0.39 is 0 Å². The van der Waals surface area contributed by atoms with Crippen molar-refractivity contribution >= 4 is 5.71 Å². The summed E-state index contributed by atoms with van der Waals surface area (Å²) < 4.78 is 0. The van der Waals surface area contributed by atoms with Crippen LogP contribution in [-0.2, 0) is 0 Å². The predicted molar refractivity (Wildman–Crippen MR) is 45.1 cm³/mol. The van der Waals surface area contributed by atoms with E-state index in [9.17, 15) is 0 Å². The molecule has 3 heteroatoms. The highest BCUT2D eigenvalue weighted by atomic mass is 16.3. The number of rotatable bonds is 3. The third-order valence-corrected chi connectivity index (χ3v) is 2.15. The summed E-state index contributed by atoms with van der Waals surface area (Å²) in [6, 6.07) is 0.315. The molecular weight excluding hydrogens is 140 g/mol. The second kappa shape index (κ2) is 3.83. The molecule has 0 spiro atoms. The minimum absolute atomic E-state index is 0.243. The Morgan fingerprint density at radius 1 is 1.73 bits per heavy atom. The lowest BCUT2D eigenvalue weighted by Gasteiger charge is -2.21. The van der Waals surface area contributed by atoms with Gasteiger partial charge in [0, 0.05) is 18.3 Å². The lowest BCUT2D eigenvalue weighted by Crippen LogP contribution is -2.35. The summed E-state index contributed by atoms with van der Waals surface area (Å²) in [6.45, 7) is 3.83. The van der Waals surface area contributed by atoms with E-state index in [1.165, 1.54) is 6.42 Å². The summed E-state index contributed by atoms with van der Waals surface area (Å²) in [5.74, 6) is 0. The van der Waals surface area contributed by atoms with Gasteiger partial charge in [0.25, 0.3) is 0 Å². The summed E-state index contributed by atoms with van der Waals surface area (Å²) in [7, 11) is 0. The van der Waals surface area contributed by atoms with Gasteiger partial charge in [0.2, 0.25) is 0 Å². The average molecular weight is 156 g/mol. The number of aliphatic hydroxyl groups is 1. The van der Waals surface area contributed by atoms with Gasteiger partial charge in [-0.2, -0.15) is 0 Å². The van der Waals surface area contributed by atoms with E-state index in [1.807, 2.05) is 6.92 Å². The molecule has 3 nitrogen and oxygen atoms in total. The highest BCUT2D eigenvalue weighted by molar-refractivity contribution is 5.80. The minimum Gasteiger partial charge on any atom is -0.395 e. The Balaban J connectivity index is 2.37. The third-order valence-electron chi connectivity index (χ3n) is 2.15. The number of nitrogens with one attached hydrogen (secondary N) is 1. The fourth-order valence-corrected chi connectivity index (χ4v) is 1.61. The predicted octanol–water partition coefficient (Wildman–Crippen LogP) is 0.483. The Morgan fingerprint density at radius 3 is 3.00 bits per heavy atom. The van der Waals surface area contributed by atoms with Gasteiger partial charge in [0.15, 0.2) is 0 Å². The van der Waals surface area contributed by atoms with Crippen LogP contribution in [0.25, 0.3) is 0 Å². The van der Waals surface area contributed by atoms with Crippen molar-refractivity contribution in [1.29, 1.82) is 5.41 Å². The number of nitrogens with zero attached hydrogens (tertiary/aromatic N) is 1. The molecule has 0 aromatic carbocycles. The molecule has 0 aromatic rings. The first kappa shape index (κ1) is 8.68. The van der Waals surface area contributed by atoms with Gasteiger partial charge in [-0.05, 0) is 26.3 Å². The Bertz CT molecular complexity index is 147. The summed E-state index contributed by atoms with van der Waals surface area (Å²) in [5.41, 5.74) is 0.686. The number of hydrogen-bond acceptors (Lipinski definition) is 3. The molecule has 1 fully saturated rings. The van der Waals surface area contributed by atoms with Crippen LogP contribution < -0.4 is 0 Å². The maximum Gasteiger partial charge on any atom is 0.0587 e. The van der Waals surface area contributed by atoms with E-state index in [-0.39, 0.29) is 6.61 Å². The van der Waals surface area contributed by atoms with Crippen molar-refractivity contribution in [2.24, 2.45) is 0 Å². The van der Waals surface area contributed by atoms with Crippen LogP contribution in [-0.4, -0.2) is 41.5 Å². The molecule has 1 rings (SSSR count). The van der Waals surface area contributed by atoms with E-state index >= 15 is 0 Å². The van der Waals surface area contributed by atoms with E-state index in [2.05, 4.69) is 4.90 Å². The van der Waals surface area contributed by atoms with Gasteiger partial charge in [-0.25, -0.2) is 0 Å². The zero-order chi connectivity index (χ0) is 8.27. The van der Waals surface area contributed by atoms with Gasteiger partial charge in [-0.1, -0.05) is 0 Å². The normalized spacial score (nSPS) is 25.8. The minimum atomic E-state index is 0.243. The third kappa shape index (κ3) is 2.27. The molecule has 1 aliphatic heterocycles. The van der Waals surface area contributed by atoms with Crippen LogP contribution in [0.1, 0.15) is 19.8 Å². The van der Waals surface area contributed by atoms with Gasteiger partial charge < -0.3 is 10.5 Å². The lowest BCUT2D eigenvalue weighted by atomic mass is 10.2. The Morgan fingerprint density at radius 2 is 2.45 bits per heavy atom. The van der Waals surface area contributed by atoms with Crippen molar-refractivity contribution in [2.75, 3.05) is 19.7 Å². The molecule has 0 amide bonds. The smallest absolute Gasteiger partial charge is 0.0587 e. The van der Waals surface area contributed by atoms with Gasteiger partial charge in [0.05, 0.1) is 6.61 Å². The molecule has 0 radical (unpaired) electrons. The summed E-state index contributed by atoms with van der Waals surface area (Å²) in [4.78, 5) is 2.18. The quantitative estimate of drug-likeness (QED) is 0.584. The maximum absolute atomic E-state index is 8.94. The van der Waals surface area contributed by atoms with Gasteiger partial charge in [-0.15, -0.1) is 0 Å². The molecule has 1 atom stereocenters. The van der Waals surface area contributed by atoms with Crippen molar-refractivity contribution in [3.63, 3.8) is 0 Å². The monoisotopic (exact) mass is 156 g/mol. The number of likely N-dealkylation sites (tertiary alicyclic amines) is 1. The molecule has 1 heterocycles.